The molecule has 1 aliphatic rings. The van der Waals surface area contributed by atoms with E-state index in [0.717, 1.165) is 10.7 Å². The van der Waals surface area contributed by atoms with Gasteiger partial charge >= 0.3 is 0 Å². The second-order valence-corrected chi connectivity index (χ2v) is 5.48. The number of aromatic nitrogens is 2. The minimum Gasteiger partial charge on any atom is -0.399 e. The van der Waals surface area contributed by atoms with Gasteiger partial charge in [-0.1, -0.05) is 18.6 Å². The molecule has 0 aliphatic heterocycles. The van der Waals surface area contributed by atoms with Gasteiger partial charge in [-0.25, -0.2) is 0 Å². The van der Waals surface area contributed by atoms with E-state index in [-0.39, 0.29) is 0 Å². The van der Waals surface area contributed by atoms with Gasteiger partial charge in [0.1, 0.15) is 10.5 Å². The molecule has 88 valence electrons. The zero-order valence-electron chi connectivity index (χ0n) is 9.54. The Bertz CT molecular complexity index is 491. The van der Waals surface area contributed by atoms with Gasteiger partial charge in [-0.3, -0.25) is 0 Å². The molecule has 0 saturated heterocycles. The molecule has 3 nitrogen and oxygen atoms in total. The summed E-state index contributed by atoms with van der Waals surface area (Å²) in [5.41, 5.74) is 9.80. The van der Waals surface area contributed by atoms with E-state index < -0.39 is 0 Å². The predicted molar refractivity (Wildman–Crippen MR) is 69.9 cm³/mol. The maximum Gasteiger partial charge on any atom is 0.124 e. The lowest BCUT2D eigenvalue weighted by Crippen LogP contribution is -2.21. The molecule has 2 aromatic rings. The summed E-state index contributed by atoms with van der Waals surface area (Å²) in [5.74, 6) is 1.10. The number of rotatable bonds is 3. The molecule has 1 heterocycles. The van der Waals surface area contributed by atoms with Gasteiger partial charge in [0.2, 0.25) is 0 Å². The second-order valence-electron chi connectivity index (χ2n) is 4.62. The van der Waals surface area contributed by atoms with Crippen LogP contribution < -0.4 is 5.73 Å². The molecule has 1 aliphatic carbocycles. The topological polar surface area (TPSA) is 51.8 Å². The Hall–Kier alpha value is -1.42. The smallest absolute Gasteiger partial charge is 0.124 e. The standard InChI is InChI=1S/C13H15N3S/c14-11-6-2-5-10(7-11)12(9-3-1-4-9)13-16-15-8-17-13/h2,5-9,12H,1,3-4,14H2/t12-/m1/s1. The van der Waals surface area contributed by atoms with Crippen molar-refractivity contribution in [3.8, 4) is 0 Å². The highest BCUT2D eigenvalue weighted by Crippen LogP contribution is 2.43. The lowest BCUT2D eigenvalue weighted by molar-refractivity contribution is 0.283. The van der Waals surface area contributed by atoms with Gasteiger partial charge in [-0.05, 0) is 36.5 Å². The zero-order chi connectivity index (χ0) is 11.7. The van der Waals surface area contributed by atoms with Gasteiger partial charge in [-0.15, -0.1) is 21.5 Å². The van der Waals surface area contributed by atoms with Crippen LogP contribution in [-0.4, -0.2) is 10.2 Å². The Labute approximate surface area is 105 Å². The fourth-order valence-electron chi connectivity index (χ4n) is 2.46. The third-order valence-corrected chi connectivity index (χ3v) is 4.31. The molecule has 0 spiro atoms. The number of nitrogen functional groups attached to an aromatic ring is 1. The van der Waals surface area contributed by atoms with Crippen LogP contribution in [0.5, 0.6) is 0 Å². The van der Waals surface area contributed by atoms with E-state index in [0.29, 0.717) is 11.8 Å². The minimum absolute atomic E-state index is 0.389. The Morgan fingerprint density at radius 1 is 1.35 bits per heavy atom. The number of hydrogen-bond donors (Lipinski definition) is 1. The first-order chi connectivity index (χ1) is 8.34. The van der Waals surface area contributed by atoms with Crippen LogP contribution in [0.4, 0.5) is 5.69 Å². The molecule has 3 rings (SSSR count). The third kappa shape index (κ3) is 2.05. The number of benzene rings is 1. The highest BCUT2D eigenvalue weighted by atomic mass is 32.1. The first-order valence-electron chi connectivity index (χ1n) is 5.96. The molecular formula is C13H15N3S. The lowest BCUT2D eigenvalue weighted by Gasteiger charge is -2.32. The van der Waals surface area contributed by atoms with E-state index in [2.05, 4.69) is 22.3 Å². The van der Waals surface area contributed by atoms with Gasteiger partial charge < -0.3 is 5.73 Å². The molecule has 0 unspecified atom stereocenters. The quantitative estimate of drug-likeness (QED) is 0.845. The number of anilines is 1. The summed E-state index contributed by atoms with van der Waals surface area (Å²) in [5, 5.41) is 9.35. The molecule has 17 heavy (non-hydrogen) atoms. The molecule has 0 amide bonds. The van der Waals surface area contributed by atoms with Crippen LogP contribution in [0.15, 0.2) is 29.8 Å². The van der Waals surface area contributed by atoms with Crippen LogP contribution in [0.1, 0.15) is 35.8 Å². The Kier molecular flexibility index (Phi) is 2.81. The molecule has 2 N–H and O–H groups in total. The maximum atomic E-state index is 5.88. The van der Waals surface area contributed by atoms with Crippen LogP contribution in [0.25, 0.3) is 0 Å². The van der Waals surface area contributed by atoms with Crippen molar-refractivity contribution < 1.29 is 0 Å². The van der Waals surface area contributed by atoms with Crippen molar-refractivity contribution >= 4 is 17.0 Å². The molecule has 4 heteroatoms. The van der Waals surface area contributed by atoms with Gasteiger partial charge in [0.05, 0.1) is 0 Å². The molecule has 1 fully saturated rings. The SMILES string of the molecule is Nc1cccc([C@H](c2nncs2)C2CCC2)c1. The van der Waals surface area contributed by atoms with Gasteiger partial charge in [0.15, 0.2) is 0 Å². The monoisotopic (exact) mass is 245 g/mol. The molecular weight excluding hydrogens is 230 g/mol. The van der Waals surface area contributed by atoms with Crippen molar-refractivity contribution in [2.75, 3.05) is 5.73 Å². The molecule has 0 radical (unpaired) electrons. The van der Waals surface area contributed by atoms with Gasteiger partial charge in [0.25, 0.3) is 0 Å². The summed E-state index contributed by atoms with van der Waals surface area (Å²) in [7, 11) is 0. The van der Waals surface area contributed by atoms with E-state index >= 15 is 0 Å². The van der Waals surface area contributed by atoms with Gasteiger partial charge in [0, 0.05) is 11.6 Å². The van der Waals surface area contributed by atoms with Crippen molar-refractivity contribution in [2.24, 2.45) is 5.92 Å². The lowest BCUT2D eigenvalue weighted by atomic mass is 9.73. The first kappa shape index (κ1) is 10.7. The summed E-state index contributed by atoms with van der Waals surface area (Å²) in [6.07, 6.45) is 3.92. The molecule has 1 aromatic heterocycles. The molecule has 1 atom stereocenters. The fourth-order valence-corrected chi connectivity index (χ4v) is 3.23. The fraction of sp³-hybridized carbons (Fsp3) is 0.385. The highest BCUT2D eigenvalue weighted by molar-refractivity contribution is 7.09. The second kappa shape index (κ2) is 4.45. The van der Waals surface area contributed by atoms with E-state index in [1.807, 2.05) is 17.6 Å². The Balaban J connectivity index is 1.98. The van der Waals surface area contributed by atoms with Crippen molar-refractivity contribution in [3.05, 3.63) is 40.3 Å². The summed E-state index contributed by atoms with van der Waals surface area (Å²) < 4.78 is 0. The summed E-state index contributed by atoms with van der Waals surface area (Å²) in [4.78, 5) is 0. The number of nitrogens with two attached hydrogens (primary N) is 1. The average molecular weight is 245 g/mol. The largest absolute Gasteiger partial charge is 0.399 e. The first-order valence-corrected chi connectivity index (χ1v) is 6.84. The maximum absolute atomic E-state index is 5.88. The van der Waals surface area contributed by atoms with Gasteiger partial charge in [-0.2, -0.15) is 0 Å². The zero-order valence-corrected chi connectivity index (χ0v) is 10.4. The van der Waals surface area contributed by atoms with E-state index in [4.69, 9.17) is 5.73 Å². The van der Waals surface area contributed by atoms with Crippen LogP contribution in [0.2, 0.25) is 0 Å². The Morgan fingerprint density at radius 3 is 2.82 bits per heavy atom. The Morgan fingerprint density at radius 2 is 2.24 bits per heavy atom. The average Bonchev–Trinajstić information content (AvgIpc) is 2.76. The summed E-state index contributed by atoms with van der Waals surface area (Å²) >= 11 is 1.65. The molecule has 1 saturated carbocycles. The predicted octanol–water partition coefficient (Wildman–Crippen LogP) is 3.05. The molecule has 1 aromatic carbocycles. The van der Waals surface area contributed by atoms with Crippen molar-refractivity contribution in [1.29, 1.82) is 0 Å². The number of nitrogens with zero attached hydrogens (tertiary/aromatic N) is 2. The van der Waals surface area contributed by atoms with Crippen molar-refractivity contribution in [3.63, 3.8) is 0 Å². The minimum atomic E-state index is 0.389. The van der Waals surface area contributed by atoms with Crippen molar-refractivity contribution in [1.82, 2.24) is 10.2 Å². The van der Waals surface area contributed by atoms with E-state index in [9.17, 15) is 0 Å². The van der Waals surface area contributed by atoms with Crippen LogP contribution in [-0.2, 0) is 0 Å². The van der Waals surface area contributed by atoms with Crippen molar-refractivity contribution in [2.45, 2.75) is 25.2 Å². The number of hydrogen-bond acceptors (Lipinski definition) is 4. The molecule has 0 bridgehead atoms. The van der Waals surface area contributed by atoms with Crippen LogP contribution in [0.3, 0.4) is 0 Å². The highest BCUT2D eigenvalue weighted by Gasteiger charge is 2.31. The summed E-state index contributed by atoms with van der Waals surface area (Å²) in [6.45, 7) is 0. The van der Waals surface area contributed by atoms with Crippen LogP contribution in [0, 0.1) is 5.92 Å². The third-order valence-electron chi connectivity index (χ3n) is 3.53. The normalized spacial score (nSPS) is 17.6. The van der Waals surface area contributed by atoms with Crippen LogP contribution >= 0.6 is 11.3 Å². The van der Waals surface area contributed by atoms with E-state index in [1.165, 1.54) is 24.8 Å². The summed E-state index contributed by atoms with van der Waals surface area (Å²) in [6, 6.07) is 8.18. The van der Waals surface area contributed by atoms with E-state index in [1.54, 1.807) is 11.3 Å².